The lowest BCUT2D eigenvalue weighted by molar-refractivity contribution is -0.782. The van der Waals surface area contributed by atoms with Crippen LogP contribution in [-0.4, -0.2) is 39.2 Å². The number of nitrogens with zero attached hydrogens (tertiary/aromatic N) is 4. The Hall–Kier alpha value is -4.62. The number of hydrogen-bond acceptors (Lipinski definition) is 9. The van der Waals surface area contributed by atoms with Gasteiger partial charge in [-0.1, -0.05) is 91.0 Å². The van der Waals surface area contributed by atoms with Crippen molar-refractivity contribution in [2.24, 2.45) is 7.05 Å². The van der Waals surface area contributed by atoms with Crippen LogP contribution in [0.1, 0.15) is 22.9 Å². The molecular formula is C31H30N4O8. The Morgan fingerprint density at radius 3 is 1.93 bits per heavy atom. The van der Waals surface area contributed by atoms with Crippen LogP contribution in [0.2, 0.25) is 0 Å². The van der Waals surface area contributed by atoms with Gasteiger partial charge in [0.1, 0.15) is 18.3 Å². The molecule has 1 fully saturated rings. The van der Waals surface area contributed by atoms with Gasteiger partial charge in [-0.15, -0.1) is 0 Å². The molecule has 3 aromatic carbocycles. The molecule has 0 N–H and O–H groups in total. The van der Waals surface area contributed by atoms with E-state index in [9.17, 15) is 14.8 Å². The van der Waals surface area contributed by atoms with Gasteiger partial charge in [-0.05, 0) is 21.6 Å². The third kappa shape index (κ3) is 5.99. The zero-order valence-corrected chi connectivity index (χ0v) is 23.4. The molecule has 0 bridgehead atoms. The summed E-state index contributed by atoms with van der Waals surface area (Å²) in [5.41, 5.74) is 0.525. The molecule has 1 saturated heterocycles. The molecule has 0 radical (unpaired) electrons. The number of benzene rings is 3. The maximum atomic E-state index is 13.5. The van der Waals surface area contributed by atoms with Crippen LogP contribution in [0.3, 0.4) is 0 Å². The fourth-order valence-corrected chi connectivity index (χ4v) is 5.13. The molecule has 12 nitrogen and oxygen atoms in total. The molecule has 0 amide bonds. The molecule has 2 aromatic heterocycles. The highest BCUT2D eigenvalue weighted by Crippen LogP contribution is 2.35. The number of aromatic nitrogens is 4. The summed E-state index contributed by atoms with van der Waals surface area (Å²) in [5, 5.41) is 16.1. The van der Waals surface area contributed by atoms with Crippen LogP contribution in [0.15, 0.2) is 105 Å². The first kappa shape index (κ1) is 28.5. The summed E-state index contributed by atoms with van der Waals surface area (Å²) in [6.45, 7) is 0.859. The molecule has 12 heteroatoms. The molecule has 3 heterocycles. The van der Waals surface area contributed by atoms with Gasteiger partial charge in [0, 0.05) is 7.05 Å². The van der Waals surface area contributed by atoms with Gasteiger partial charge in [-0.2, -0.15) is 0 Å². The number of hydrogen-bond donors (Lipinski definition) is 0. The summed E-state index contributed by atoms with van der Waals surface area (Å²) >= 11 is 0. The monoisotopic (exact) mass is 586 g/mol. The molecule has 5 aromatic rings. The Balaban J connectivity index is 1.38. The Morgan fingerprint density at radius 1 is 0.814 bits per heavy atom. The SMILES string of the molecule is Cn1c(=O)c2c(no[n+]2[O-])n([C@@H]2O[C@H](COCc3ccccc3)[C@@H](OCc3ccccc3)[C@H]2OCc2ccccc2)c1=O. The molecule has 0 aliphatic carbocycles. The summed E-state index contributed by atoms with van der Waals surface area (Å²) in [7, 11) is 1.27. The summed E-state index contributed by atoms with van der Waals surface area (Å²) in [6.07, 6.45) is -3.41. The van der Waals surface area contributed by atoms with Crippen LogP contribution in [0.25, 0.3) is 11.2 Å². The quantitative estimate of drug-likeness (QED) is 0.214. The average molecular weight is 587 g/mol. The Labute approximate surface area is 245 Å². The highest BCUT2D eigenvalue weighted by molar-refractivity contribution is 5.64. The van der Waals surface area contributed by atoms with Crippen molar-refractivity contribution in [1.82, 2.24) is 14.3 Å². The van der Waals surface area contributed by atoms with Crippen LogP contribution >= 0.6 is 0 Å². The second-order valence-corrected chi connectivity index (χ2v) is 10.2. The van der Waals surface area contributed by atoms with Crippen molar-refractivity contribution in [3.8, 4) is 0 Å². The number of fused-ring (bicyclic) bond motifs is 1. The predicted octanol–water partition coefficient (Wildman–Crippen LogP) is 2.61. The second kappa shape index (κ2) is 12.7. The first-order chi connectivity index (χ1) is 21.0. The molecule has 222 valence electrons. The molecule has 0 spiro atoms. The summed E-state index contributed by atoms with van der Waals surface area (Å²) in [6, 6.07) is 28.9. The highest BCUT2D eigenvalue weighted by atomic mass is 16.8. The lowest BCUT2D eigenvalue weighted by Gasteiger charge is -2.25. The Morgan fingerprint density at radius 2 is 1.35 bits per heavy atom. The van der Waals surface area contributed by atoms with Gasteiger partial charge in [0.15, 0.2) is 6.23 Å². The van der Waals surface area contributed by atoms with E-state index >= 15 is 0 Å². The van der Waals surface area contributed by atoms with E-state index in [0.717, 1.165) is 25.8 Å². The maximum Gasteiger partial charge on any atom is 0.336 e. The van der Waals surface area contributed by atoms with E-state index in [1.54, 1.807) is 0 Å². The van der Waals surface area contributed by atoms with E-state index in [0.29, 0.717) is 6.61 Å². The molecule has 0 saturated carbocycles. The van der Waals surface area contributed by atoms with E-state index in [4.69, 9.17) is 23.6 Å². The molecular weight excluding hydrogens is 556 g/mol. The van der Waals surface area contributed by atoms with E-state index in [1.807, 2.05) is 91.0 Å². The van der Waals surface area contributed by atoms with Crippen molar-refractivity contribution in [2.75, 3.05) is 6.61 Å². The van der Waals surface area contributed by atoms with Gasteiger partial charge in [0.2, 0.25) is 0 Å². The van der Waals surface area contributed by atoms with Crippen LogP contribution in [0.5, 0.6) is 0 Å². The van der Waals surface area contributed by atoms with Crippen LogP contribution < -0.4 is 16.2 Å². The van der Waals surface area contributed by atoms with E-state index in [1.165, 1.54) is 7.05 Å². The lowest BCUT2D eigenvalue weighted by Crippen LogP contribution is -2.46. The van der Waals surface area contributed by atoms with Crippen LogP contribution in [0.4, 0.5) is 0 Å². The van der Waals surface area contributed by atoms with Gasteiger partial charge in [-0.25, -0.2) is 9.36 Å². The Bertz CT molecular complexity index is 1770. The average Bonchev–Trinajstić information content (AvgIpc) is 3.59. The number of rotatable bonds is 11. The smallest absolute Gasteiger partial charge is 0.336 e. The van der Waals surface area contributed by atoms with Gasteiger partial charge in [0.25, 0.3) is 0 Å². The largest absolute Gasteiger partial charge is 0.374 e. The summed E-state index contributed by atoms with van der Waals surface area (Å²) in [4.78, 5) is 26.3. The van der Waals surface area contributed by atoms with Crippen LogP contribution in [-0.2, 0) is 45.8 Å². The van der Waals surface area contributed by atoms with Gasteiger partial charge in [0.05, 0.1) is 31.6 Å². The zero-order chi connectivity index (χ0) is 29.8. The topological polar surface area (TPSA) is 134 Å². The normalized spacial score (nSPS) is 20.1. The minimum atomic E-state index is -1.14. The predicted molar refractivity (Wildman–Crippen MR) is 153 cm³/mol. The van der Waals surface area contributed by atoms with Crippen molar-refractivity contribution in [3.05, 3.63) is 134 Å². The van der Waals surface area contributed by atoms with Crippen LogP contribution in [0, 0.1) is 5.21 Å². The maximum absolute atomic E-state index is 13.5. The number of ether oxygens (including phenoxy) is 4. The minimum absolute atomic E-state index is 0.0216. The lowest BCUT2D eigenvalue weighted by atomic mass is 10.1. The highest BCUT2D eigenvalue weighted by Gasteiger charge is 2.49. The first-order valence-electron chi connectivity index (χ1n) is 13.8. The fraction of sp³-hybridized carbons (Fsp3) is 0.290. The van der Waals surface area contributed by atoms with E-state index < -0.39 is 41.3 Å². The Kier molecular flexibility index (Phi) is 8.43. The third-order valence-corrected chi connectivity index (χ3v) is 7.33. The molecule has 1 aliphatic heterocycles. The van der Waals surface area contributed by atoms with Gasteiger partial charge >= 0.3 is 22.4 Å². The van der Waals surface area contributed by atoms with E-state index in [-0.39, 0.29) is 30.4 Å². The van der Waals surface area contributed by atoms with Crippen molar-refractivity contribution in [3.63, 3.8) is 0 Å². The zero-order valence-electron chi connectivity index (χ0n) is 23.4. The second-order valence-electron chi connectivity index (χ2n) is 10.2. The van der Waals surface area contributed by atoms with Crippen molar-refractivity contribution >= 4 is 11.2 Å². The molecule has 43 heavy (non-hydrogen) atoms. The van der Waals surface area contributed by atoms with Crippen molar-refractivity contribution in [2.45, 2.75) is 44.4 Å². The summed E-state index contributed by atoms with van der Waals surface area (Å²) < 4.78 is 32.0. The van der Waals surface area contributed by atoms with Gasteiger partial charge in [-0.3, -0.25) is 14.0 Å². The molecule has 6 rings (SSSR count). The standard InChI is InChI=1S/C31H30N4O8/c1-33-29(36)25-28(32-43-35(25)38)34(31(33)37)30-27(41-19-23-15-9-4-10-16-23)26(40-18-22-13-7-3-8-14-22)24(42-30)20-39-17-21-11-5-2-6-12-21/h2-16,24,26-27,30H,17-20H2,1H3/t24-,26-,27-,30-/m1/s1. The van der Waals surface area contributed by atoms with Crippen molar-refractivity contribution in [1.29, 1.82) is 0 Å². The minimum Gasteiger partial charge on any atom is -0.374 e. The fourth-order valence-electron chi connectivity index (χ4n) is 5.13. The molecule has 1 aliphatic rings. The third-order valence-electron chi connectivity index (χ3n) is 7.33. The van der Waals surface area contributed by atoms with Crippen molar-refractivity contribution < 1.29 is 28.5 Å². The van der Waals surface area contributed by atoms with E-state index in [2.05, 4.69) is 5.16 Å². The summed E-state index contributed by atoms with van der Waals surface area (Å²) in [5.74, 6) is 0. The first-order valence-corrected chi connectivity index (χ1v) is 13.8. The molecule has 0 unspecified atom stereocenters. The molecule has 4 atom stereocenters. The van der Waals surface area contributed by atoms with Gasteiger partial charge < -0.3 is 24.2 Å².